The van der Waals surface area contributed by atoms with Gasteiger partial charge in [0.15, 0.2) is 11.6 Å². The van der Waals surface area contributed by atoms with Crippen LogP contribution < -0.4 is 0 Å². The maximum absolute atomic E-state index is 5.72. The van der Waals surface area contributed by atoms with Gasteiger partial charge in [-0.2, -0.15) is 4.98 Å². The van der Waals surface area contributed by atoms with Crippen LogP contribution >= 0.6 is 0 Å². The number of hydrogen-bond acceptors (Lipinski definition) is 6. The smallest absolute Gasteiger partial charge is 0.229 e. The first-order chi connectivity index (χ1) is 9.17. The van der Waals surface area contributed by atoms with Crippen LogP contribution in [0, 0.1) is 0 Å². The van der Waals surface area contributed by atoms with Gasteiger partial charge in [-0.15, -0.1) is 0 Å². The lowest BCUT2D eigenvalue weighted by molar-refractivity contribution is -0.186. The van der Waals surface area contributed by atoms with E-state index < -0.39 is 0 Å². The van der Waals surface area contributed by atoms with Gasteiger partial charge in [0.05, 0.1) is 19.8 Å². The molecule has 2 fully saturated rings. The molecule has 1 aromatic heterocycles. The fraction of sp³-hybridized carbons (Fsp3) is 0.846. The summed E-state index contributed by atoms with van der Waals surface area (Å²) in [7, 11) is 0. The van der Waals surface area contributed by atoms with Crippen molar-refractivity contribution in [3.63, 3.8) is 0 Å². The van der Waals surface area contributed by atoms with E-state index in [0.717, 1.165) is 51.5 Å². The summed E-state index contributed by atoms with van der Waals surface area (Å²) in [5.74, 6) is 1.46. The first kappa shape index (κ1) is 13.0. The fourth-order valence-electron chi connectivity index (χ4n) is 2.60. The number of ether oxygens (including phenoxy) is 2. The molecular weight excluding hydrogens is 246 g/mol. The van der Waals surface area contributed by atoms with E-state index in [1.54, 1.807) is 0 Å². The van der Waals surface area contributed by atoms with Crippen molar-refractivity contribution in [3.05, 3.63) is 11.7 Å². The van der Waals surface area contributed by atoms with Gasteiger partial charge in [0.1, 0.15) is 0 Å². The van der Waals surface area contributed by atoms with Crippen LogP contribution in [0.1, 0.15) is 44.3 Å². The quantitative estimate of drug-likeness (QED) is 0.827. The van der Waals surface area contributed by atoms with Crippen molar-refractivity contribution in [2.24, 2.45) is 0 Å². The highest BCUT2D eigenvalue weighted by atomic mass is 16.7. The molecule has 106 valence electrons. The average molecular weight is 267 g/mol. The molecule has 2 aliphatic rings. The lowest BCUT2D eigenvalue weighted by atomic mass is 10.0. The first-order valence-electron chi connectivity index (χ1n) is 7.00. The Morgan fingerprint density at radius 2 is 1.89 bits per heavy atom. The van der Waals surface area contributed by atoms with E-state index >= 15 is 0 Å². The lowest BCUT2D eigenvalue weighted by Gasteiger charge is -2.36. The molecular formula is C13H21N3O3. The molecule has 0 saturated carbocycles. The van der Waals surface area contributed by atoms with E-state index in [4.69, 9.17) is 14.0 Å². The lowest BCUT2D eigenvalue weighted by Crippen LogP contribution is -2.44. The minimum atomic E-state index is -0.309. The second-order valence-corrected chi connectivity index (χ2v) is 5.59. The zero-order valence-corrected chi connectivity index (χ0v) is 11.6. The van der Waals surface area contributed by atoms with Crippen LogP contribution in [0.25, 0.3) is 0 Å². The molecule has 6 heteroatoms. The summed E-state index contributed by atoms with van der Waals surface area (Å²) in [5, 5.41) is 4.03. The van der Waals surface area contributed by atoms with Crippen molar-refractivity contribution in [1.29, 1.82) is 0 Å². The first-order valence-corrected chi connectivity index (χ1v) is 7.00. The highest BCUT2D eigenvalue weighted by Gasteiger charge is 2.39. The Kier molecular flexibility index (Phi) is 3.56. The van der Waals surface area contributed by atoms with E-state index in [9.17, 15) is 0 Å². The zero-order chi connectivity index (χ0) is 13.3. The molecule has 1 spiro atoms. The maximum atomic E-state index is 5.72. The van der Waals surface area contributed by atoms with Gasteiger partial charge in [0, 0.05) is 31.8 Å². The molecule has 0 amide bonds. The molecule has 0 radical (unpaired) electrons. The molecule has 0 bridgehead atoms. The molecule has 0 aromatic carbocycles. The van der Waals surface area contributed by atoms with Gasteiger partial charge >= 0.3 is 0 Å². The Bertz CT molecular complexity index is 417. The number of hydrogen-bond donors (Lipinski definition) is 0. The largest absolute Gasteiger partial charge is 0.347 e. The Morgan fingerprint density at radius 3 is 2.47 bits per heavy atom. The number of rotatable bonds is 3. The van der Waals surface area contributed by atoms with Crippen LogP contribution in [0.15, 0.2) is 4.52 Å². The summed E-state index contributed by atoms with van der Waals surface area (Å²) in [6, 6.07) is 0. The molecule has 2 aliphatic heterocycles. The summed E-state index contributed by atoms with van der Waals surface area (Å²) < 4.78 is 16.7. The van der Waals surface area contributed by atoms with Gasteiger partial charge in [-0.1, -0.05) is 19.0 Å². The van der Waals surface area contributed by atoms with Gasteiger partial charge in [-0.3, -0.25) is 4.90 Å². The van der Waals surface area contributed by atoms with E-state index in [2.05, 4.69) is 28.9 Å². The molecule has 19 heavy (non-hydrogen) atoms. The summed E-state index contributed by atoms with van der Waals surface area (Å²) in [5.41, 5.74) is 0. The number of nitrogens with zero attached hydrogens (tertiary/aromatic N) is 3. The van der Waals surface area contributed by atoms with Gasteiger partial charge < -0.3 is 14.0 Å². The van der Waals surface area contributed by atoms with Crippen LogP contribution in [0.2, 0.25) is 0 Å². The third kappa shape index (κ3) is 2.80. The standard InChI is InChI=1S/C13H21N3O3/c1-10(2)12-14-11(15-19-12)9-16-5-3-13(4-6-16)17-7-8-18-13/h10H,3-9H2,1-2H3. The van der Waals surface area contributed by atoms with Crippen LogP contribution in [0.5, 0.6) is 0 Å². The van der Waals surface area contributed by atoms with E-state index in [-0.39, 0.29) is 11.7 Å². The van der Waals surface area contributed by atoms with Crippen molar-refractivity contribution < 1.29 is 14.0 Å². The maximum Gasteiger partial charge on any atom is 0.229 e. The predicted molar refractivity (Wildman–Crippen MR) is 67.5 cm³/mol. The summed E-state index contributed by atoms with van der Waals surface area (Å²) in [4.78, 5) is 6.74. The monoisotopic (exact) mass is 267 g/mol. The average Bonchev–Trinajstić information content (AvgIpc) is 3.02. The molecule has 0 N–H and O–H groups in total. The number of likely N-dealkylation sites (tertiary alicyclic amines) is 1. The summed E-state index contributed by atoms with van der Waals surface area (Å²) in [6.45, 7) is 8.20. The molecule has 0 atom stereocenters. The molecule has 0 unspecified atom stereocenters. The second kappa shape index (κ2) is 5.19. The van der Waals surface area contributed by atoms with Crippen molar-refractivity contribution in [2.75, 3.05) is 26.3 Å². The van der Waals surface area contributed by atoms with Gasteiger partial charge in [-0.05, 0) is 0 Å². The Hall–Kier alpha value is -0.980. The van der Waals surface area contributed by atoms with Crippen molar-refractivity contribution in [2.45, 2.75) is 44.9 Å². The normalized spacial score (nSPS) is 23.5. The minimum Gasteiger partial charge on any atom is -0.347 e. The third-order valence-corrected chi connectivity index (χ3v) is 3.77. The molecule has 2 saturated heterocycles. The number of aromatic nitrogens is 2. The molecule has 0 aliphatic carbocycles. The molecule has 1 aromatic rings. The fourth-order valence-corrected chi connectivity index (χ4v) is 2.60. The Morgan fingerprint density at radius 1 is 1.21 bits per heavy atom. The van der Waals surface area contributed by atoms with Crippen LogP contribution in [0.4, 0.5) is 0 Å². The summed E-state index contributed by atoms with van der Waals surface area (Å²) in [6.07, 6.45) is 1.84. The SMILES string of the molecule is CC(C)c1nc(CN2CCC3(CC2)OCCO3)no1. The molecule has 3 rings (SSSR count). The van der Waals surface area contributed by atoms with E-state index in [1.807, 2.05) is 0 Å². The topological polar surface area (TPSA) is 60.6 Å². The van der Waals surface area contributed by atoms with Crippen molar-refractivity contribution >= 4 is 0 Å². The van der Waals surface area contributed by atoms with E-state index in [0.29, 0.717) is 5.89 Å². The van der Waals surface area contributed by atoms with Gasteiger partial charge in [0.2, 0.25) is 5.89 Å². The van der Waals surface area contributed by atoms with Crippen LogP contribution in [-0.2, 0) is 16.0 Å². The third-order valence-electron chi connectivity index (χ3n) is 3.77. The summed E-state index contributed by atoms with van der Waals surface area (Å²) >= 11 is 0. The van der Waals surface area contributed by atoms with Crippen molar-refractivity contribution in [1.82, 2.24) is 15.0 Å². The van der Waals surface area contributed by atoms with Crippen LogP contribution in [-0.4, -0.2) is 47.1 Å². The minimum absolute atomic E-state index is 0.283. The van der Waals surface area contributed by atoms with E-state index in [1.165, 1.54) is 0 Å². The number of piperidine rings is 1. The molecule has 6 nitrogen and oxygen atoms in total. The van der Waals surface area contributed by atoms with Crippen LogP contribution in [0.3, 0.4) is 0 Å². The van der Waals surface area contributed by atoms with Gasteiger partial charge in [0.25, 0.3) is 0 Å². The highest BCUT2D eigenvalue weighted by Crippen LogP contribution is 2.31. The van der Waals surface area contributed by atoms with Crippen molar-refractivity contribution in [3.8, 4) is 0 Å². The predicted octanol–water partition coefficient (Wildman–Crippen LogP) is 1.53. The second-order valence-electron chi connectivity index (χ2n) is 5.59. The Labute approximate surface area is 113 Å². The Balaban J connectivity index is 1.54. The highest BCUT2D eigenvalue weighted by molar-refractivity contribution is 4.92. The molecule has 3 heterocycles. The van der Waals surface area contributed by atoms with Gasteiger partial charge in [-0.25, -0.2) is 0 Å². The zero-order valence-electron chi connectivity index (χ0n) is 11.6.